The molecule has 0 radical (unpaired) electrons. The number of nitrogens with one attached hydrogen (secondary N) is 1. The summed E-state index contributed by atoms with van der Waals surface area (Å²) in [6.07, 6.45) is 2.01. The first kappa shape index (κ1) is 11.0. The molecule has 16 heavy (non-hydrogen) atoms. The van der Waals surface area contributed by atoms with E-state index in [-0.39, 0.29) is 0 Å². The predicted molar refractivity (Wildman–Crippen MR) is 68.2 cm³/mol. The zero-order valence-corrected chi connectivity index (χ0v) is 9.83. The molecular formula is C14H18N2. The van der Waals surface area contributed by atoms with Crippen LogP contribution in [0.5, 0.6) is 0 Å². The van der Waals surface area contributed by atoms with E-state index in [9.17, 15) is 0 Å². The second kappa shape index (κ2) is 4.54. The predicted octanol–water partition coefficient (Wildman–Crippen LogP) is 3.26. The normalized spacial score (nSPS) is 11.0. The maximum absolute atomic E-state index is 5.57. The fraction of sp³-hybridized carbons (Fsp3) is 0.286. The van der Waals surface area contributed by atoms with Crippen molar-refractivity contribution in [2.45, 2.75) is 26.3 Å². The number of rotatable bonds is 3. The van der Waals surface area contributed by atoms with E-state index in [1.165, 1.54) is 16.7 Å². The van der Waals surface area contributed by atoms with Crippen molar-refractivity contribution in [2.75, 3.05) is 0 Å². The Hall–Kier alpha value is -1.54. The highest BCUT2D eigenvalue weighted by atomic mass is 14.7. The van der Waals surface area contributed by atoms with Crippen LogP contribution < -0.4 is 5.73 Å². The molecule has 1 aromatic heterocycles. The zero-order valence-electron chi connectivity index (χ0n) is 9.83. The van der Waals surface area contributed by atoms with Crippen molar-refractivity contribution in [1.29, 1.82) is 0 Å². The molecule has 0 saturated heterocycles. The molecule has 0 amide bonds. The highest BCUT2D eigenvalue weighted by Gasteiger charge is 2.02. The summed E-state index contributed by atoms with van der Waals surface area (Å²) in [5.41, 5.74) is 10.5. The summed E-state index contributed by atoms with van der Waals surface area (Å²) in [4.78, 5) is 3.17. The van der Waals surface area contributed by atoms with Crippen LogP contribution in [0, 0.1) is 0 Å². The second-order valence-corrected chi connectivity index (χ2v) is 4.39. The minimum absolute atomic E-state index is 0.560. The Labute approximate surface area is 96.5 Å². The van der Waals surface area contributed by atoms with E-state index in [1.54, 1.807) is 0 Å². The third-order valence-electron chi connectivity index (χ3n) is 2.87. The molecule has 1 heterocycles. The molecule has 0 aliphatic heterocycles. The summed E-state index contributed by atoms with van der Waals surface area (Å²) < 4.78 is 0. The van der Waals surface area contributed by atoms with Gasteiger partial charge in [0.25, 0.3) is 0 Å². The SMILES string of the molecule is CC(C)c1ccc(-c2c[nH]c(CN)c2)cc1. The molecular weight excluding hydrogens is 196 g/mol. The summed E-state index contributed by atoms with van der Waals surface area (Å²) in [5, 5.41) is 0. The van der Waals surface area contributed by atoms with Gasteiger partial charge in [0.05, 0.1) is 0 Å². The molecule has 0 aliphatic rings. The Morgan fingerprint density at radius 2 is 1.81 bits per heavy atom. The molecule has 2 rings (SSSR count). The Morgan fingerprint density at radius 1 is 1.12 bits per heavy atom. The maximum Gasteiger partial charge on any atom is 0.0332 e. The summed E-state index contributed by atoms with van der Waals surface area (Å²) in [5.74, 6) is 0.583. The van der Waals surface area contributed by atoms with Crippen LogP contribution in [0.1, 0.15) is 31.0 Å². The average Bonchev–Trinajstić information content (AvgIpc) is 2.77. The standard InChI is InChI=1S/C14H18N2/c1-10(2)11-3-5-12(6-4-11)13-7-14(8-15)16-9-13/h3-7,9-10,16H,8,15H2,1-2H3. The summed E-state index contributed by atoms with van der Waals surface area (Å²) >= 11 is 0. The number of aromatic amines is 1. The summed E-state index contributed by atoms with van der Waals surface area (Å²) in [7, 11) is 0. The van der Waals surface area contributed by atoms with E-state index in [1.807, 2.05) is 6.20 Å². The Kier molecular flexibility index (Phi) is 3.11. The van der Waals surface area contributed by atoms with Crippen LogP contribution in [-0.4, -0.2) is 4.98 Å². The van der Waals surface area contributed by atoms with Crippen molar-refractivity contribution in [1.82, 2.24) is 4.98 Å². The molecule has 0 spiro atoms. The van der Waals surface area contributed by atoms with Crippen molar-refractivity contribution < 1.29 is 0 Å². The van der Waals surface area contributed by atoms with E-state index >= 15 is 0 Å². The van der Waals surface area contributed by atoms with Crippen molar-refractivity contribution in [3.63, 3.8) is 0 Å². The second-order valence-electron chi connectivity index (χ2n) is 4.39. The van der Waals surface area contributed by atoms with Gasteiger partial charge in [-0.15, -0.1) is 0 Å². The van der Waals surface area contributed by atoms with E-state index in [4.69, 9.17) is 5.73 Å². The van der Waals surface area contributed by atoms with Gasteiger partial charge in [-0.1, -0.05) is 38.1 Å². The van der Waals surface area contributed by atoms with Crippen molar-refractivity contribution >= 4 is 0 Å². The van der Waals surface area contributed by atoms with Crippen LogP contribution in [0.15, 0.2) is 36.5 Å². The molecule has 1 aromatic carbocycles. The Balaban J connectivity index is 2.27. The average molecular weight is 214 g/mol. The third-order valence-corrected chi connectivity index (χ3v) is 2.87. The number of hydrogen-bond donors (Lipinski definition) is 2. The van der Waals surface area contributed by atoms with Crippen LogP contribution in [0.25, 0.3) is 11.1 Å². The molecule has 0 atom stereocenters. The Morgan fingerprint density at radius 3 is 2.31 bits per heavy atom. The smallest absolute Gasteiger partial charge is 0.0332 e. The van der Waals surface area contributed by atoms with E-state index < -0.39 is 0 Å². The molecule has 3 N–H and O–H groups in total. The van der Waals surface area contributed by atoms with Crippen molar-refractivity contribution in [3.05, 3.63) is 47.8 Å². The van der Waals surface area contributed by atoms with Crippen LogP contribution in [0.3, 0.4) is 0 Å². The molecule has 2 nitrogen and oxygen atoms in total. The summed E-state index contributed by atoms with van der Waals surface area (Å²) in [6.45, 7) is 4.97. The van der Waals surface area contributed by atoms with Gasteiger partial charge in [0.1, 0.15) is 0 Å². The molecule has 0 unspecified atom stereocenters. The molecule has 0 saturated carbocycles. The minimum Gasteiger partial charge on any atom is -0.363 e. The number of nitrogens with two attached hydrogens (primary N) is 1. The first-order valence-electron chi connectivity index (χ1n) is 5.68. The van der Waals surface area contributed by atoms with Gasteiger partial charge in [-0.05, 0) is 28.7 Å². The zero-order chi connectivity index (χ0) is 11.5. The fourth-order valence-corrected chi connectivity index (χ4v) is 1.79. The number of benzene rings is 1. The monoisotopic (exact) mass is 214 g/mol. The van der Waals surface area contributed by atoms with Gasteiger partial charge in [0.2, 0.25) is 0 Å². The topological polar surface area (TPSA) is 41.8 Å². The highest BCUT2D eigenvalue weighted by Crippen LogP contribution is 2.23. The van der Waals surface area contributed by atoms with Crippen LogP contribution >= 0.6 is 0 Å². The Bertz CT molecular complexity index is 452. The van der Waals surface area contributed by atoms with E-state index in [0.717, 1.165) is 5.69 Å². The van der Waals surface area contributed by atoms with Gasteiger partial charge in [0.15, 0.2) is 0 Å². The molecule has 2 heteroatoms. The van der Waals surface area contributed by atoms with Gasteiger partial charge in [-0.3, -0.25) is 0 Å². The van der Waals surface area contributed by atoms with Gasteiger partial charge in [-0.2, -0.15) is 0 Å². The fourth-order valence-electron chi connectivity index (χ4n) is 1.79. The lowest BCUT2D eigenvalue weighted by Gasteiger charge is -2.05. The summed E-state index contributed by atoms with van der Waals surface area (Å²) in [6, 6.07) is 10.8. The molecule has 0 aliphatic carbocycles. The van der Waals surface area contributed by atoms with Gasteiger partial charge in [0, 0.05) is 18.4 Å². The lowest BCUT2D eigenvalue weighted by molar-refractivity contribution is 0.867. The molecule has 2 aromatic rings. The highest BCUT2D eigenvalue weighted by molar-refractivity contribution is 5.63. The largest absolute Gasteiger partial charge is 0.363 e. The van der Waals surface area contributed by atoms with Gasteiger partial charge < -0.3 is 10.7 Å². The molecule has 0 fully saturated rings. The van der Waals surface area contributed by atoms with Crippen molar-refractivity contribution in [2.24, 2.45) is 5.73 Å². The lowest BCUT2D eigenvalue weighted by Crippen LogP contribution is -1.94. The minimum atomic E-state index is 0.560. The first-order chi connectivity index (χ1) is 7.70. The van der Waals surface area contributed by atoms with E-state index in [2.05, 4.69) is 49.2 Å². The van der Waals surface area contributed by atoms with E-state index in [0.29, 0.717) is 12.5 Å². The van der Waals surface area contributed by atoms with Gasteiger partial charge in [-0.25, -0.2) is 0 Å². The van der Waals surface area contributed by atoms with Crippen molar-refractivity contribution in [3.8, 4) is 11.1 Å². The lowest BCUT2D eigenvalue weighted by atomic mass is 10.00. The maximum atomic E-state index is 5.57. The quantitative estimate of drug-likeness (QED) is 0.809. The van der Waals surface area contributed by atoms with Gasteiger partial charge >= 0.3 is 0 Å². The molecule has 84 valence electrons. The number of H-pyrrole nitrogens is 1. The molecule has 0 bridgehead atoms. The first-order valence-corrected chi connectivity index (χ1v) is 5.68. The van der Waals surface area contributed by atoms with Crippen LogP contribution in [0.4, 0.5) is 0 Å². The number of hydrogen-bond acceptors (Lipinski definition) is 1. The third kappa shape index (κ3) is 2.17. The number of aromatic nitrogens is 1. The van der Waals surface area contributed by atoms with Crippen LogP contribution in [-0.2, 0) is 6.54 Å². The van der Waals surface area contributed by atoms with Crippen LogP contribution in [0.2, 0.25) is 0 Å².